The lowest BCUT2D eigenvalue weighted by molar-refractivity contribution is 0.460. The zero-order valence-electron chi connectivity index (χ0n) is 17.0. The molecule has 1 aromatic heterocycles. The van der Waals surface area contributed by atoms with E-state index in [1.807, 2.05) is 0 Å². The fourth-order valence-corrected chi connectivity index (χ4v) is 4.43. The van der Waals surface area contributed by atoms with Crippen LogP contribution in [-0.4, -0.2) is 18.1 Å². The summed E-state index contributed by atoms with van der Waals surface area (Å²) in [5.41, 5.74) is 9.31. The van der Waals surface area contributed by atoms with Gasteiger partial charge >= 0.3 is 0 Å². The first kappa shape index (κ1) is 18.3. The summed E-state index contributed by atoms with van der Waals surface area (Å²) in [6, 6.07) is 7.14. The van der Waals surface area contributed by atoms with E-state index in [1.165, 1.54) is 64.6 Å². The SMILES string of the molecule is C=C(C)/C=C(\C=C(C)C)c1[nH]c2ccc(C3CCNCC3)cc2c1C1CC1. The Hall–Kier alpha value is -2.06. The van der Waals surface area contributed by atoms with Crippen molar-refractivity contribution >= 4 is 16.5 Å². The molecule has 0 atom stereocenters. The number of benzene rings is 1. The second-order valence-electron chi connectivity index (χ2n) is 8.68. The Morgan fingerprint density at radius 3 is 2.37 bits per heavy atom. The molecule has 2 heteroatoms. The fraction of sp³-hybridized carbons (Fsp3) is 0.440. The first-order valence-corrected chi connectivity index (χ1v) is 10.4. The van der Waals surface area contributed by atoms with Gasteiger partial charge in [0.25, 0.3) is 0 Å². The van der Waals surface area contributed by atoms with Gasteiger partial charge in [-0.1, -0.05) is 35.9 Å². The highest BCUT2D eigenvalue weighted by atomic mass is 14.9. The normalized spacial score (nSPS) is 18.7. The molecule has 4 rings (SSSR count). The zero-order valence-corrected chi connectivity index (χ0v) is 17.0. The van der Waals surface area contributed by atoms with Crippen molar-refractivity contribution in [3.8, 4) is 0 Å². The monoisotopic (exact) mass is 360 g/mol. The third-order valence-electron chi connectivity index (χ3n) is 5.79. The molecule has 1 aromatic carbocycles. The first-order valence-electron chi connectivity index (χ1n) is 10.4. The summed E-state index contributed by atoms with van der Waals surface area (Å²) < 4.78 is 0. The van der Waals surface area contributed by atoms with Crippen LogP contribution in [0, 0.1) is 0 Å². The number of hydrogen-bond acceptors (Lipinski definition) is 1. The molecule has 1 aliphatic carbocycles. The largest absolute Gasteiger partial charge is 0.354 e. The van der Waals surface area contributed by atoms with Crippen LogP contribution in [0.1, 0.15) is 75.1 Å². The second kappa shape index (κ2) is 7.52. The molecule has 2 heterocycles. The summed E-state index contributed by atoms with van der Waals surface area (Å²) in [6.07, 6.45) is 9.63. The van der Waals surface area contributed by atoms with Gasteiger partial charge in [0.1, 0.15) is 0 Å². The standard InChI is InChI=1S/C25H32N2/c1-16(2)13-21(14-17(3)4)25-24(19-5-6-19)22-15-20(7-8-23(22)27-25)18-9-11-26-12-10-18/h7-8,13-15,18-19,26-27H,1,5-6,9-12H2,2-4H3/b21-13+. The van der Waals surface area contributed by atoms with Gasteiger partial charge in [0.2, 0.25) is 0 Å². The maximum Gasteiger partial charge on any atom is 0.0500 e. The molecule has 0 spiro atoms. The number of rotatable bonds is 5. The van der Waals surface area contributed by atoms with E-state index in [1.54, 1.807) is 0 Å². The van der Waals surface area contributed by atoms with Crippen molar-refractivity contribution in [3.05, 3.63) is 64.9 Å². The van der Waals surface area contributed by atoms with Gasteiger partial charge < -0.3 is 10.3 Å². The van der Waals surface area contributed by atoms with Crippen LogP contribution in [0.4, 0.5) is 0 Å². The van der Waals surface area contributed by atoms with E-state index in [2.05, 4.69) is 68.0 Å². The molecule has 2 aromatic rings. The Labute approximate surface area is 163 Å². The number of fused-ring (bicyclic) bond motifs is 1. The highest BCUT2D eigenvalue weighted by Gasteiger charge is 2.30. The van der Waals surface area contributed by atoms with Crippen LogP contribution in [0.25, 0.3) is 16.5 Å². The molecule has 27 heavy (non-hydrogen) atoms. The molecule has 142 valence electrons. The van der Waals surface area contributed by atoms with Crippen molar-refractivity contribution in [2.75, 3.05) is 13.1 Å². The Bertz CT molecular complexity index is 911. The molecule has 1 aliphatic heterocycles. The van der Waals surface area contributed by atoms with E-state index in [0.717, 1.165) is 18.7 Å². The molecule has 1 saturated carbocycles. The van der Waals surface area contributed by atoms with E-state index >= 15 is 0 Å². The molecular formula is C25H32N2. The molecule has 0 radical (unpaired) electrons. The topological polar surface area (TPSA) is 27.8 Å². The smallest absolute Gasteiger partial charge is 0.0500 e. The lowest BCUT2D eigenvalue weighted by Gasteiger charge is -2.23. The summed E-state index contributed by atoms with van der Waals surface area (Å²) in [7, 11) is 0. The summed E-state index contributed by atoms with van der Waals surface area (Å²) in [6.45, 7) is 12.8. The predicted octanol–water partition coefficient (Wildman–Crippen LogP) is 6.44. The summed E-state index contributed by atoms with van der Waals surface area (Å²) in [4.78, 5) is 3.76. The number of allylic oxidation sites excluding steroid dienone is 5. The predicted molar refractivity (Wildman–Crippen MR) is 117 cm³/mol. The number of piperidine rings is 1. The Morgan fingerprint density at radius 2 is 1.74 bits per heavy atom. The van der Waals surface area contributed by atoms with Gasteiger partial charge in [-0.05, 0) is 100 Å². The van der Waals surface area contributed by atoms with Gasteiger partial charge in [-0.25, -0.2) is 0 Å². The van der Waals surface area contributed by atoms with Gasteiger partial charge in [-0.2, -0.15) is 0 Å². The van der Waals surface area contributed by atoms with Gasteiger partial charge in [-0.3, -0.25) is 0 Å². The van der Waals surface area contributed by atoms with Crippen molar-refractivity contribution in [3.63, 3.8) is 0 Å². The molecule has 1 saturated heterocycles. The number of hydrogen-bond donors (Lipinski definition) is 2. The molecule has 2 aliphatic rings. The van der Waals surface area contributed by atoms with E-state index in [-0.39, 0.29) is 0 Å². The minimum Gasteiger partial charge on any atom is -0.354 e. The van der Waals surface area contributed by atoms with E-state index in [4.69, 9.17) is 0 Å². The second-order valence-corrected chi connectivity index (χ2v) is 8.68. The van der Waals surface area contributed by atoms with Gasteiger partial charge in [0.05, 0.1) is 0 Å². The minimum atomic E-state index is 0.698. The van der Waals surface area contributed by atoms with Gasteiger partial charge in [0, 0.05) is 16.6 Å². The Morgan fingerprint density at radius 1 is 1.00 bits per heavy atom. The van der Waals surface area contributed by atoms with Crippen LogP contribution in [0.2, 0.25) is 0 Å². The van der Waals surface area contributed by atoms with Crippen LogP contribution in [0.3, 0.4) is 0 Å². The maximum absolute atomic E-state index is 4.12. The van der Waals surface area contributed by atoms with E-state index < -0.39 is 0 Å². The summed E-state index contributed by atoms with van der Waals surface area (Å²) >= 11 is 0. The summed E-state index contributed by atoms with van der Waals surface area (Å²) in [5.74, 6) is 1.40. The molecule has 2 N–H and O–H groups in total. The Kier molecular flexibility index (Phi) is 5.10. The van der Waals surface area contributed by atoms with Crippen LogP contribution in [0.5, 0.6) is 0 Å². The number of H-pyrrole nitrogens is 1. The minimum absolute atomic E-state index is 0.698. The van der Waals surface area contributed by atoms with E-state index in [9.17, 15) is 0 Å². The number of aromatic amines is 1. The lowest BCUT2D eigenvalue weighted by Crippen LogP contribution is -2.26. The average molecular weight is 361 g/mol. The van der Waals surface area contributed by atoms with Crippen LogP contribution >= 0.6 is 0 Å². The Balaban J connectivity index is 1.84. The van der Waals surface area contributed by atoms with Crippen molar-refractivity contribution in [1.29, 1.82) is 0 Å². The van der Waals surface area contributed by atoms with Crippen LogP contribution in [0.15, 0.2) is 48.1 Å². The molecule has 0 unspecified atom stereocenters. The van der Waals surface area contributed by atoms with E-state index in [0.29, 0.717) is 11.8 Å². The molecule has 0 amide bonds. The third kappa shape index (κ3) is 3.96. The highest BCUT2D eigenvalue weighted by molar-refractivity contribution is 5.93. The highest BCUT2D eigenvalue weighted by Crippen LogP contribution is 2.47. The number of nitrogens with one attached hydrogen (secondary N) is 2. The van der Waals surface area contributed by atoms with Gasteiger partial charge in [0.15, 0.2) is 0 Å². The molecular weight excluding hydrogens is 328 g/mol. The van der Waals surface area contributed by atoms with Gasteiger partial charge in [-0.15, -0.1) is 0 Å². The van der Waals surface area contributed by atoms with Crippen LogP contribution < -0.4 is 5.32 Å². The van der Waals surface area contributed by atoms with Crippen molar-refractivity contribution < 1.29 is 0 Å². The summed E-state index contributed by atoms with van der Waals surface area (Å²) in [5, 5.41) is 4.93. The van der Waals surface area contributed by atoms with Crippen molar-refractivity contribution in [1.82, 2.24) is 10.3 Å². The molecule has 0 bridgehead atoms. The third-order valence-corrected chi connectivity index (χ3v) is 5.79. The molecule has 2 nitrogen and oxygen atoms in total. The quantitative estimate of drug-likeness (QED) is 0.590. The lowest BCUT2D eigenvalue weighted by atomic mass is 9.89. The number of aromatic nitrogens is 1. The van der Waals surface area contributed by atoms with Crippen molar-refractivity contribution in [2.45, 2.75) is 58.3 Å². The van der Waals surface area contributed by atoms with Crippen molar-refractivity contribution in [2.24, 2.45) is 0 Å². The molecule has 2 fully saturated rings. The fourth-order valence-electron chi connectivity index (χ4n) is 4.43. The zero-order chi connectivity index (χ0) is 19.0. The average Bonchev–Trinajstić information content (AvgIpc) is 3.40. The van der Waals surface area contributed by atoms with Crippen LogP contribution in [-0.2, 0) is 0 Å². The maximum atomic E-state index is 4.12. The first-order chi connectivity index (χ1) is 13.0.